The second kappa shape index (κ2) is 26.5. The summed E-state index contributed by atoms with van der Waals surface area (Å²) in [5.74, 6) is -2.38. The lowest BCUT2D eigenvalue weighted by Crippen LogP contribution is -2.64. The summed E-state index contributed by atoms with van der Waals surface area (Å²) in [5, 5.41) is 10.4. The highest BCUT2D eigenvalue weighted by atomic mass is 19.1. The Labute approximate surface area is 322 Å². The molecule has 308 valence electrons. The fourth-order valence-electron chi connectivity index (χ4n) is 6.71. The number of alkyl halides is 1. The minimum atomic E-state index is -1.41. The maximum atomic E-state index is 13.9. The Morgan fingerprint density at radius 2 is 0.926 bits per heavy atom. The van der Waals surface area contributed by atoms with Crippen molar-refractivity contribution in [1.29, 1.82) is 0 Å². The van der Waals surface area contributed by atoms with E-state index >= 15 is 0 Å². The van der Waals surface area contributed by atoms with E-state index in [1.54, 1.807) is 0 Å². The van der Waals surface area contributed by atoms with Crippen LogP contribution in [0.4, 0.5) is 4.39 Å². The van der Waals surface area contributed by atoms with Gasteiger partial charge in [0.1, 0.15) is 25.5 Å². The highest BCUT2D eigenvalue weighted by Crippen LogP contribution is 2.71. The zero-order chi connectivity index (χ0) is 39.5. The van der Waals surface area contributed by atoms with Gasteiger partial charge in [-0.05, 0) is 88.9 Å². The van der Waals surface area contributed by atoms with Crippen LogP contribution in [-0.4, -0.2) is 80.3 Å². The molecule has 0 atom stereocenters. The predicted molar refractivity (Wildman–Crippen MR) is 202 cm³/mol. The van der Waals surface area contributed by atoms with Gasteiger partial charge in [-0.15, -0.1) is 0 Å². The average Bonchev–Trinajstić information content (AvgIpc) is 3.13. The fourth-order valence-corrected chi connectivity index (χ4v) is 6.71. The maximum absolute atomic E-state index is 13.9. The summed E-state index contributed by atoms with van der Waals surface area (Å²) >= 11 is 0. The van der Waals surface area contributed by atoms with Gasteiger partial charge >= 0.3 is 29.8 Å². The van der Waals surface area contributed by atoms with Crippen LogP contribution in [0.1, 0.15) is 155 Å². The Balaban J connectivity index is 1.72. The Kier molecular flexibility index (Phi) is 23.0. The number of ether oxygens (including phenoxy) is 5. The molecule has 3 fully saturated rings. The molecule has 0 aromatic heterocycles. The quantitative estimate of drug-likeness (QED) is 0.0298. The smallest absolute Gasteiger partial charge is 0.306 e. The molecule has 0 spiro atoms. The Morgan fingerprint density at radius 3 is 1.30 bits per heavy atom. The van der Waals surface area contributed by atoms with E-state index in [0.29, 0.717) is 71.0 Å². The lowest BCUT2D eigenvalue weighted by atomic mass is 9.41. The number of unbranched alkanes of at least 4 members (excludes halogenated alkanes) is 8. The first kappa shape index (κ1) is 46.9. The van der Waals surface area contributed by atoms with Crippen molar-refractivity contribution in [3.63, 3.8) is 0 Å². The first-order valence-electron chi connectivity index (χ1n) is 20.4. The van der Waals surface area contributed by atoms with Crippen molar-refractivity contribution in [1.82, 2.24) is 0 Å². The molecule has 0 amide bonds. The third-order valence-electron chi connectivity index (χ3n) is 9.95. The van der Waals surface area contributed by atoms with E-state index in [-0.39, 0.29) is 69.3 Å². The number of rotatable bonds is 33. The van der Waals surface area contributed by atoms with Crippen LogP contribution in [0.25, 0.3) is 0 Å². The van der Waals surface area contributed by atoms with Gasteiger partial charge in [-0.3, -0.25) is 24.0 Å². The standard InChI is InChI=1S/C42H67FO11/c1-3-5-7-9-11-13-19-25-50-35(45)21-15-17-23-37(47)52-32-41(31-44,34-54-39(49)27-40-28-42(43,29-40)30-40)33-53-38(48)24-18-16-22-36(46)51-26-20-14-12-10-8-6-4-2/h11-14,44H,3-10,15-34H2,1-2H3/b13-11-,14-12-. The van der Waals surface area contributed by atoms with Crippen molar-refractivity contribution in [2.45, 2.75) is 161 Å². The van der Waals surface area contributed by atoms with Crippen molar-refractivity contribution in [3.8, 4) is 0 Å². The first-order valence-corrected chi connectivity index (χ1v) is 20.4. The zero-order valence-electron chi connectivity index (χ0n) is 33.0. The molecule has 54 heavy (non-hydrogen) atoms. The van der Waals surface area contributed by atoms with Gasteiger partial charge in [0.25, 0.3) is 0 Å². The summed E-state index contributed by atoms with van der Waals surface area (Å²) in [7, 11) is 0. The van der Waals surface area contributed by atoms with Crippen molar-refractivity contribution in [2.24, 2.45) is 10.8 Å². The summed E-state index contributed by atoms with van der Waals surface area (Å²) in [5.41, 5.74) is -2.95. The number of carbonyl (C=O) groups is 5. The second-order valence-corrected chi connectivity index (χ2v) is 15.4. The third-order valence-corrected chi connectivity index (χ3v) is 9.95. The fraction of sp³-hybridized carbons (Fsp3) is 0.786. The molecule has 0 aliphatic heterocycles. The zero-order valence-corrected chi connectivity index (χ0v) is 33.0. The minimum Gasteiger partial charge on any atom is -0.465 e. The molecular weight excluding hydrogens is 699 g/mol. The van der Waals surface area contributed by atoms with Gasteiger partial charge in [0.05, 0.1) is 31.7 Å². The molecule has 1 N–H and O–H groups in total. The first-order chi connectivity index (χ1) is 26.0. The molecule has 3 aliphatic rings. The summed E-state index contributed by atoms with van der Waals surface area (Å²) in [6.07, 6.45) is 21.7. The van der Waals surface area contributed by atoms with Crippen LogP contribution in [0.5, 0.6) is 0 Å². The molecule has 0 radical (unpaired) electrons. The molecule has 3 saturated carbocycles. The van der Waals surface area contributed by atoms with Gasteiger partial charge in [0.15, 0.2) is 0 Å². The van der Waals surface area contributed by atoms with Gasteiger partial charge < -0.3 is 28.8 Å². The molecule has 3 aliphatic carbocycles. The van der Waals surface area contributed by atoms with Crippen LogP contribution in [0.2, 0.25) is 0 Å². The summed E-state index contributed by atoms with van der Waals surface area (Å²) in [6, 6.07) is 0. The SMILES string of the molecule is CCCCC/C=C\CCOC(=O)CCCCC(=O)OCC(CO)(COC(=O)CCCCC(=O)OCC/C=C\CCCCC)COC(=O)CC12CC(F)(C1)C2. The predicted octanol–water partition coefficient (Wildman–Crippen LogP) is 8.14. The molecule has 0 aromatic carbocycles. The normalized spacial score (nSPS) is 18.9. The number of hydrogen-bond donors (Lipinski definition) is 1. The van der Waals surface area contributed by atoms with Crippen molar-refractivity contribution in [2.75, 3.05) is 39.6 Å². The van der Waals surface area contributed by atoms with E-state index in [9.17, 15) is 33.5 Å². The lowest BCUT2D eigenvalue weighted by Gasteiger charge is -2.65. The number of allylic oxidation sites excluding steroid dienone is 2. The van der Waals surface area contributed by atoms with Crippen LogP contribution in [0, 0.1) is 10.8 Å². The van der Waals surface area contributed by atoms with Crippen LogP contribution in [0.3, 0.4) is 0 Å². The molecule has 3 rings (SSSR count). The van der Waals surface area contributed by atoms with E-state index < -0.39 is 35.6 Å². The lowest BCUT2D eigenvalue weighted by molar-refractivity contribution is -0.222. The van der Waals surface area contributed by atoms with Crippen LogP contribution in [-0.2, 0) is 47.7 Å². The number of esters is 5. The topological polar surface area (TPSA) is 152 Å². The molecule has 0 saturated heterocycles. The van der Waals surface area contributed by atoms with Crippen LogP contribution >= 0.6 is 0 Å². The number of carbonyl (C=O) groups excluding carboxylic acids is 5. The van der Waals surface area contributed by atoms with Crippen molar-refractivity contribution >= 4 is 29.8 Å². The van der Waals surface area contributed by atoms with Gasteiger partial charge in [-0.1, -0.05) is 63.8 Å². The number of halogens is 1. The molecule has 0 heterocycles. The largest absolute Gasteiger partial charge is 0.465 e. The number of aliphatic hydroxyl groups excluding tert-OH is 1. The maximum Gasteiger partial charge on any atom is 0.306 e. The van der Waals surface area contributed by atoms with Crippen LogP contribution < -0.4 is 0 Å². The van der Waals surface area contributed by atoms with E-state index in [4.69, 9.17) is 23.7 Å². The van der Waals surface area contributed by atoms with Crippen molar-refractivity contribution < 1.29 is 57.2 Å². The highest BCUT2D eigenvalue weighted by molar-refractivity contribution is 5.72. The van der Waals surface area contributed by atoms with Crippen molar-refractivity contribution in [3.05, 3.63) is 24.3 Å². The average molecular weight is 767 g/mol. The second-order valence-electron chi connectivity index (χ2n) is 15.4. The molecule has 11 nitrogen and oxygen atoms in total. The summed E-state index contributed by atoms with van der Waals surface area (Å²) in [4.78, 5) is 61.9. The third kappa shape index (κ3) is 19.9. The molecule has 0 unspecified atom stereocenters. The van der Waals surface area contributed by atoms with Gasteiger partial charge in [0, 0.05) is 25.7 Å². The molecule has 0 aromatic rings. The van der Waals surface area contributed by atoms with E-state index in [2.05, 4.69) is 26.0 Å². The van der Waals surface area contributed by atoms with Gasteiger partial charge in [-0.25, -0.2) is 4.39 Å². The molecule has 12 heteroatoms. The Bertz CT molecular complexity index is 1110. The molecular formula is C42H67FO11. The van der Waals surface area contributed by atoms with E-state index in [1.165, 1.54) is 25.7 Å². The highest BCUT2D eigenvalue weighted by Gasteiger charge is 2.69. The van der Waals surface area contributed by atoms with Gasteiger partial charge in [0.2, 0.25) is 0 Å². The summed E-state index contributed by atoms with van der Waals surface area (Å²) < 4.78 is 40.8. The molecule has 2 bridgehead atoms. The van der Waals surface area contributed by atoms with Crippen LogP contribution in [0.15, 0.2) is 24.3 Å². The van der Waals surface area contributed by atoms with E-state index in [0.717, 1.165) is 25.7 Å². The monoisotopic (exact) mass is 766 g/mol. The van der Waals surface area contributed by atoms with E-state index in [1.807, 2.05) is 12.2 Å². The minimum absolute atomic E-state index is 0.0144. The Hall–Kier alpha value is -3.28. The number of hydrogen-bond acceptors (Lipinski definition) is 11. The van der Waals surface area contributed by atoms with Gasteiger partial charge in [-0.2, -0.15) is 0 Å². The summed E-state index contributed by atoms with van der Waals surface area (Å²) in [6.45, 7) is 3.20. The Morgan fingerprint density at radius 1 is 0.556 bits per heavy atom. The number of aliphatic hydroxyl groups is 1.